The number of β-amino-alcohol motifs (C(OH)–C–C–N with tert-alkyl or cyclic N) is 2. The predicted octanol–water partition coefficient (Wildman–Crippen LogP) is 1.01. The third-order valence-electron chi connectivity index (χ3n) is 3.95. The Bertz CT molecular complexity index is 414. The molecule has 0 bridgehead atoms. The number of rotatable bonds is 8. The smallest absolute Gasteiger partial charge is 0.0900 e. The van der Waals surface area contributed by atoms with Gasteiger partial charge in [0.15, 0.2) is 0 Å². The van der Waals surface area contributed by atoms with Crippen LogP contribution in [0.15, 0.2) is 17.5 Å². The van der Waals surface area contributed by atoms with Gasteiger partial charge in [-0.1, -0.05) is 6.07 Å². The number of aliphatic hydroxyl groups excluding tert-OH is 2. The second-order valence-corrected chi connectivity index (χ2v) is 7.23. The van der Waals surface area contributed by atoms with Crippen LogP contribution in [0.3, 0.4) is 0 Å². The highest BCUT2D eigenvalue weighted by Gasteiger charge is 2.25. The SMILES string of the molecule is CC(O)CN1CCN(CC(O)COCc2cccs2)CC1C. The maximum atomic E-state index is 10.1. The molecule has 126 valence electrons. The number of ether oxygens (including phenoxy) is 1. The number of nitrogens with zero attached hydrogens (tertiary/aromatic N) is 2. The van der Waals surface area contributed by atoms with E-state index in [1.165, 1.54) is 4.88 Å². The van der Waals surface area contributed by atoms with E-state index < -0.39 is 6.10 Å². The quantitative estimate of drug-likeness (QED) is 0.746. The summed E-state index contributed by atoms with van der Waals surface area (Å²) < 4.78 is 5.57. The van der Waals surface area contributed by atoms with Crippen molar-refractivity contribution in [3.8, 4) is 0 Å². The third kappa shape index (κ3) is 5.95. The summed E-state index contributed by atoms with van der Waals surface area (Å²) in [5, 5.41) is 21.6. The first-order chi connectivity index (χ1) is 10.5. The van der Waals surface area contributed by atoms with E-state index in [1.54, 1.807) is 11.3 Å². The zero-order valence-electron chi connectivity index (χ0n) is 13.5. The van der Waals surface area contributed by atoms with Gasteiger partial charge in [-0.15, -0.1) is 11.3 Å². The summed E-state index contributed by atoms with van der Waals surface area (Å²) >= 11 is 1.67. The topological polar surface area (TPSA) is 56.2 Å². The van der Waals surface area contributed by atoms with E-state index >= 15 is 0 Å². The molecule has 1 aliphatic rings. The van der Waals surface area contributed by atoms with E-state index in [0.717, 1.165) is 26.2 Å². The normalized spacial score (nSPS) is 23.5. The maximum absolute atomic E-state index is 10.1. The standard InChI is InChI=1S/C16H28N2O3S/c1-13-8-17(5-6-18(13)9-14(2)19)10-15(20)11-21-12-16-4-3-7-22-16/h3-4,7,13-15,19-20H,5-6,8-12H2,1-2H3. The molecule has 5 nitrogen and oxygen atoms in total. The van der Waals surface area contributed by atoms with Crippen LogP contribution < -0.4 is 0 Å². The van der Waals surface area contributed by atoms with Gasteiger partial charge >= 0.3 is 0 Å². The lowest BCUT2D eigenvalue weighted by Crippen LogP contribution is -2.54. The predicted molar refractivity (Wildman–Crippen MR) is 89.1 cm³/mol. The zero-order valence-corrected chi connectivity index (χ0v) is 14.3. The summed E-state index contributed by atoms with van der Waals surface area (Å²) in [4.78, 5) is 5.77. The van der Waals surface area contributed by atoms with E-state index in [4.69, 9.17) is 4.74 Å². The van der Waals surface area contributed by atoms with Gasteiger partial charge in [-0.05, 0) is 25.3 Å². The van der Waals surface area contributed by atoms with Gasteiger partial charge in [-0.2, -0.15) is 0 Å². The minimum Gasteiger partial charge on any atom is -0.392 e. The van der Waals surface area contributed by atoms with Gasteiger partial charge in [0, 0.05) is 43.6 Å². The van der Waals surface area contributed by atoms with Crippen molar-refractivity contribution < 1.29 is 14.9 Å². The summed E-state index contributed by atoms with van der Waals surface area (Å²) in [6.07, 6.45) is -0.735. The Morgan fingerprint density at radius 1 is 1.36 bits per heavy atom. The number of aliphatic hydroxyl groups is 2. The lowest BCUT2D eigenvalue weighted by atomic mass is 10.1. The maximum Gasteiger partial charge on any atom is 0.0900 e. The Morgan fingerprint density at radius 3 is 2.82 bits per heavy atom. The van der Waals surface area contributed by atoms with Crippen LogP contribution in [0, 0.1) is 0 Å². The first-order valence-electron chi connectivity index (χ1n) is 7.97. The Balaban J connectivity index is 1.64. The van der Waals surface area contributed by atoms with E-state index in [1.807, 2.05) is 24.4 Å². The van der Waals surface area contributed by atoms with E-state index in [2.05, 4.69) is 16.7 Å². The Kier molecular flexibility index (Phi) is 7.27. The van der Waals surface area contributed by atoms with Crippen molar-refractivity contribution >= 4 is 11.3 Å². The van der Waals surface area contributed by atoms with Crippen molar-refractivity contribution in [1.29, 1.82) is 0 Å². The van der Waals surface area contributed by atoms with Crippen LogP contribution in [-0.4, -0.2) is 77.6 Å². The first-order valence-corrected chi connectivity index (χ1v) is 8.85. The molecule has 6 heteroatoms. The molecule has 3 unspecified atom stereocenters. The largest absolute Gasteiger partial charge is 0.392 e. The van der Waals surface area contributed by atoms with Gasteiger partial charge in [0.1, 0.15) is 0 Å². The molecule has 0 aromatic carbocycles. The second-order valence-electron chi connectivity index (χ2n) is 6.20. The van der Waals surface area contributed by atoms with Crippen LogP contribution >= 0.6 is 11.3 Å². The van der Waals surface area contributed by atoms with Crippen molar-refractivity contribution in [1.82, 2.24) is 9.80 Å². The summed E-state index contributed by atoms with van der Waals surface area (Å²) in [6, 6.07) is 4.45. The number of piperazine rings is 1. The van der Waals surface area contributed by atoms with Gasteiger partial charge in [0.05, 0.1) is 25.4 Å². The molecule has 0 radical (unpaired) electrons. The summed E-state index contributed by atoms with van der Waals surface area (Å²) in [7, 11) is 0. The average molecular weight is 328 g/mol. The molecule has 2 N–H and O–H groups in total. The second kappa shape index (κ2) is 8.96. The highest BCUT2D eigenvalue weighted by molar-refractivity contribution is 7.09. The van der Waals surface area contributed by atoms with Crippen LogP contribution in [-0.2, 0) is 11.3 Å². The molecule has 2 heterocycles. The molecular formula is C16H28N2O3S. The van der Waals surface area contributed by atoms with Crippen LogP contribution in [0.1, 0.15) is 18.7 Å². The highest BCUT2D eigenvalue weighted by Crippen LogP contribution is 2.12. The van der Waals surface area contributed by atoms with Crippen molar-refractivity contribution in [2.24, 2.45) is 0 Å². The molecule has 22 heavy (non-hydrogen) atoms. The van der Waals surface area contributed by atoms with Gasteiger partial charge < -0.3 is 14.9 Å². The molecule has 1 aromatic heterocycles. The fourth-order valence-electron chi connectivity index (χ4n) is 2.89. The highest BCUT2D eigenvalue weighted by atomic mass is 32.1. The molecule has 0 amide bonds. The summed E-state index contributed by atoms with van der Waals surface area (Å²) in [5.41, 5.74) is 0. The third-order valence-corrected chi connectivity index (χ3v) is 4.80. The fraction of sp³-hybridized carbons (Fsp3) is 0.750. The fourth-order valence-corrected chi connectivity index (χ4v) is 3.53. The molecule has 0 saturated carbocycles. The molecule has 1 fully saturated rings. The number of hydrogen-bond acceptors (Lipinski definition) is 6. The number of hydrogen-bond donors (Lipinski definition) is 2. The van der Waals surface area contributed by atoms with Crippen LogP contribution in [0.4, 0.5) is 0 Å². The summed E-state index contributed by atoms with van der Waals surface area (Å²) in [6.45, 7) is 9.12. The van der Waals surface area contributed by atoms with Crippen LogP contribution in [0.25, 0.3) is 0 Å². The van der Waals surface area contributed by atoms with Gasteiger partial charge in [-0.25, -0.2) is 0 Å². The van der Waals surface area contributed by atoms with E-state index in [9.17, 15) is 10.2 Å². The lowest BCUT2D eigenvalue weighted by Gasteiger charge is -2.40. The zero-order chi connectivity index (χ0) is 15.9. The molecular weight excluding hydrogens is 300 g/mol. The molecule has 0 spiro atoms. The van der Waals surface area contributed by atoms with E-state index in [-0.39, 0.29) is 6.10 Å². The molecule has 1 saturated heterocycles. The van der Waals surface area contributed by atoms with Crippen LogP contribution in [0.5, 0.6) is 0 Å². The van der Waals surface area contributed by atoms with E-state index in [0.29, 0.717) is 25.8 Å². The Morgan fingerprint density at radius 2 is 2.18 bits per heavy atom. The minimum absolute atomic E-state index is 0.287. The van der Waals surface area contributed by atoms with Gasteiger partial charge in [0.2, 0.25) is 0 Å². The molecule has 1 aromatic rings. The van der Waals surface area contributed by atoms with Crippen molar-refractivity contribution in [3.05, 3.63) is 22.4 Å². The molecule has 3 atom stereocenters. The van der Waals surface area contributed by atoms with Crippen LogP contribution in [0.2, 0.25) is 0 Å². The average Bonchev–Trinajstić information content (AvgIpc) is 2.95. The van der Waals surface area contributed by atoms with Crippen molar-refractivity contribution in [2.75, 3.05) is 39.3 Å². The molecule has 0 aliphatic carbocycles. The van der Waals surface area contributed by atoms with Crippen molar-refractivity contribution in [3.63, 3.8) is 0 Å². The Hall–Kier alpha value is -0.500. The summed E-state index contributed by atoms with van der Waals surface area (Å²) in [5.74, 6) is 0. The lowest BCUT2D eigenvalue weighted by molar-refractivity contribution is -0.0110. The van der Waals surface area contributed by atoms with Gasteiger partial charge in [0.25, 0.3) is 0 Å². The monoisotopic (exact) mass is 328 g/mol. The first kappa shape index (κ1) is 17.8. The number of thiophene rings is 1. The Labute approximate surface area is 137 Å². The molecule has 1 aliphatic heterocycles. The van der Waals surface area contributed by atoms with Crippen molar-refractivity contribution in [2.45, 2.75) is 38.7 Å². The van der Waals surface area contributed by atoms with Gasteiger partial charge in [-0.3, -0.25) is 9.80 Å². The molecule has 2 rings (SSSR count). The minimum atomic E-state index is -0.449.